The van der Waals surface area contributed by atoms with E-state index < -0.39 is 33.4 Å². The molecule has 0 radical (unpaired) electrons. The fourth-order valence-corrected chi connectivity index (χ4v) is 2.33. The molecule has 19 heavy (non-hydrogen) atoms. The molecule has 1 rings (SSSR count). The van der Waals surface area contributed by atoms with Crippen LogP contribution in [0.1, 0.15) is 38.8 Å². The van der Waals surface area contributed by atoms with Gasteiger partial charge in [0.2, 0.25) is 0 Å². The zero-order valence-electron chi connectivity index (χ0n) is 11.4. The Hall–Kier alpha value is -1.07. The van der Waals surface area contributed by atoms with Gasteiger partial charge in [-0.2, -0.15) is 0 Å². The number of nitrogens with one attached hydrogen (secondary N) is 1. The molecule has 5 heteroatoms. The molecule has 0 spiro atoms. The number of benzene rings is 1. The topological polar surface area (TPSA) is 29.1 Å². The van der Waals surface area contributed by atoms with Crippen LogP contribution < -0.4 is 4.72 Å². The van der Waals surface area contributed by atoms with Crippen LogP contribution >= 0.6 is 0 Å². The molecule has 1 N–H and O–H groups in total. The zero-order chi connectivity index (χ0) is 14.6. The van der Waals surface area contributed by atoms with E-state index in [1.165, 1.54) is 0 Å². The van der Waals surface area contributed by atoms with Gasteiger partial charge in [0, 0.05) is 5.56 Å². The molecule has 2 nitrogen and oxygen atoms in total. The molecule has 1 aromatic rings. The Morgan fingerprint density at radius 2 is 2.05 bits per heavy atom. The van der Waals surface area contributed by atoms with Crippen LogP contribution in [-0.4, -0.2) is 8.96 Å². The van der Waals surface area contributed by atoms with Crippen molar-refractivity contribution in [3.8, 4) is 0 Å². The van der Waals surface area contributed by atoms with E-state index in [1.807, 2.05) is 20.8 Å². The molecule has 0 aliphatic heterocycles. The second-order valence-electron chi connectivity index (χ2n) is 5.24. The summed E-state index contributed by atoms with van der Waals surface area (Å²) in [5.74, 6) is -1.04. The van der Waals surface area contributed by atoms with Gasteiger partial charge in [0.15, 0.2) is 0 Å². The molecule has 1 aromatic carbocycles. The second-order valence-corrected chi connectivity index (χ2v) is 7.24. The number of rotatable bonds is 5. The van der Waals surface area contributed by atoms with Gasteiger partial charge in [-0.25, -0.2) is 17.7 Å². The monoisotopic (exact) mass is 287 g/mol. The Balaban J connectivity index is 3.04. The molecule has 0 bridgehead atoms. The van der Waals surface area contributed by atoms with Crippen LogP contribution in [0.3, 0.4) is 0 Å². The lowest BCUT2D eigenvalue weighted by molar-refractivity contribution is 0.543. The lowest BCUT2D eigenvalue weighted by Gasteiger charge is -2.24. The zero-order valence-corrected chi connectivity index (χ0v) is 12.2. The molecule has 0 aromatic heterocycles. The Labute approximate surface area is 115 Å². The van der Waals surface area contributed by atoms with Gasteiger partial charge in [-0.3, -0.25) is 0 Å². The summed E-state index contributed by atoms with van der Waals surface area (Å²) >= 11 is 0. The highest BCUT2D eigenvalue weighted by Crippen LogP contribution is 2.24. The van der Waals surface area contributed by atoms with Crippen molar-refractivity contribution in [2.75, 3.05) is 0 Å². The van der Waals surface area contributed by atoms with Crippen LogP contribution in [0.15, 0.2) is 30.9 Å². The quantitative estimate of drug-likeness (QED) is 0.823. The van der Waals surface area contributed by atoms with E-state index in [0.717, 1.165) is 18.2 Å². The van der Waals surface area contributed by atoms with Crippen molar-refractivity contribution in [2.24, 2.45) is 0 Å². The van der Waals surface area contributed by atoms with Crippen LogP contribution in [0.4, 0.5) is 8.78 Å². The average Bonchev–Trinajstić information content (AvgIpc) is 2.30. The van der Waals surface area contributed by atoms with E-state index in [-0.39, 0.29) is 5.56 Å². The first kappa shape index (κ1) is 16.0. The van der Waals surface area contributed by atoms with Gasteiger partial charge in [-0.05, 0) is 45.4 Å². The van der Waals surface area contributed by atoms with Crippen molar-refractivity contribution in [3.05, 3.63) is 48.1 Å². The highest BCUT2D eigenvalue weighted by Gasteiger charge is 2.24. The smallest absolute Gasteiger partial charge is 0.128 e. The SMILES string of the molecule is C=CC[C@H](NS(=O)C(C)(C)C)c1cc(F)ccc1F. The summed E-state index contributed by atoms with van der Waals surface area (Å²) in [4.78, 5) is 0. The van der Waals surface area contributed by atoms with Crippen molar-refractivity contribution in [3.63, 3.8) is 0 Å². The maximum Gasteiger partial charge on any atom is 0.128 e. The highest BCUT2D eigenvalue weighted by molar-refractivity contribution is 7.84. The minimum Gasteiger partial charge on any atom is -0.242 e. The van der Waals surface area contributed by atoms with Gasteiger partial charge in [0.25, 0.3) is 0 Å². The summed E-state index contributed by atoms with van der Waals surface area (Å²) in [6.45, 7) is 9.02. The molecule has 0 amide bonds. The second kappa shape index (κ2) is 6.39. The fourth-order valence-electron chi connectivity index (χ4n) is 1.49. The van der Waals surface area contributed by atoms with E-state index in [4.69, 9.17) is 0 Å². The highest BCUT2D eigenvalue weighted by atomic mass is 32.2. The number of halogens is 2. The Morgan fingerprint density at radius 1 is 1.42 bits per heavy atom. The molecule has 2 atom stereocenters. The Kier molecular flexibility index (Phi) is 5.38. The predicted octanol–water partition coefficient (Wildman–Crippen LogP) is 3.63. The fraction of sp³-hybridized carbons (Fsp3) is 0.429. The molecule has 0 saturated carbocycles. The molecule has 106 valence electrons. The normalized spacial score (nSPS) is 15.0. The lowest BCUT2D eigenvalue weighted by atomic mass is 10.0. The van der Waals surface area contributed by atoms with Gasteiger partial charge < -0.3 is 0 Å². The van der Waals surface area contributed by atoms with E-state index in [2.05, 4.69) is 11.3 Å². The van der Waals surface area contributed by atoms with E-state index in [9.17, 15) is 13.0 Å². The van der Waals surface area contributed by atoms with E-state index >= 15 is 0 Å². The standard InChI is InChI=1S/C14H19F2NOS/c1-5-6-13(17-19(18)14(2,3)4)11-9-10(15)7-8-12(11)16/h5,7-9,13,17H,1,6H2,2-4H3/t13-,19?/m0/s1. The summed E-state index contributed by atoms with van der Waals surface area (Å²) in [5.41, 5.74) is 0.164. The van der Waals surface area contributed by atoms with Crippen LogP contribution in [0.2, 0.25) is 0 Å². The predicted molar refractivity (Wildman–Crippen MR) is 74.9 cm³/mol. The molecule has 0 heterocycles. The van der Waals surface area contributed by atoms with Crippen molar-refractivity contribution in [2.45, 2.75) is 38.0 Å². The summed E-state index contributed by atoms with van der Waals surface area (Å²) in [7, 11) is -1.37. The van der Waals surface area contributed by atoms with Crippen molar-refractivity contribution < 1.29 is 13.0 Å². The first-order chi connectivity index (χ1) is 8.75. The summed E-state index contributed by atoms with van der Waals surface area (Å²) < 4.78 is 41.4. The largest absolute Gasteiger partial charge is 0.242 e. The van der Waals surface area contributed by atoms with Crippen molar-refractivity contribution in [1.82, 2.24) is 4.72 Å². The molecule has 0 saturated heterocycles. The number of hydrogen-bond donors (Lipinski definition) is 1. The Morgan fingerprint density at radius 3 is 2.58 bits per heavy atom. The van der Waals surface area contributed by atoms with E-state index in [0.29, 0.717) is 6.42 Å². The third-order valence-electron chi connectivity index (χ3n) is 2.54. The maximum absolute atomic E-state index is 13.8. The van der Waals surface area contributed by atoms with Crippen LogP contribution in [0.5, 0.6) is 0 Å². The first-order valence-corrected chi connectivity index (χ1v) is 7.14. The third kappa shape index (κ3) is 4.51. The summed E-state index contributed by atoms with van der Waals surface area (Å²) in [5, 5.41) is 0. The first-order valence-electron chi connectivity index (χ1n) is 5.99. The van der Waals surface area contributed by atoms with Crippen LogP contribution in [-0.2, 0) is 11.0 Å². The molecule has 0 aliphatic carbocycles. The molecule has 0 fully saturated rings. The summed E-state index contributed by atoms with van der Waals surface area (Å²) in [6, 6.07) is 2.69. The molecule has 0 aliphatic rings. The Bertz CT molecular complexity index is 483. The van der Waals surface area contributed by atoms with Crippen molar-refractivity contribution >= 4 is 11.0 Å². The molecular weight excluding hydrogens is 268 g/mol. The van der Waals surface area contributed by atoms with E-state index in [1.54, 1.807) is 6.08 Å². The summed E-state index contributed by atoms with van der Waals surface area (Å²) in [6.07, 6.45) is 1.95. The molecule has 1 unspecified atom stereocenters. The van der Waals surface area contributed by atoms with Crippen LogP contribution in [0, 0.1) is 11.6 Å². The minimum atomic E-state index is -1.37. The maximum atomic E-state index is 13.8. The van der Waals surface area contributed by atoms with Crippen LogP contribution in [0.25, 0.3) is 0 Å². The van der Waals surface area contributed by atoms with Gasteiger partial charge in [-0.1, -0.05) is 6.08 Å². The van der Waals surface area contributed by atoms with Gasteiger partial charge in [-0.15, -0.1) is 6.58 Å². The lowest BCUT2D eigenvalue weighted by Crippen LogP contribution is -2.36. The van der Waals surface area contributed by atoms with Gasteiger partial charge in [0.05, 0.1) is 21.8 Å². The third-order valence-corrected chi connectivity index (χ3v) is 4.15. The average molecular weight is 287 g/mol. The van der Waals surface area contributed by atoms with Crippen molar-refractivity contribution in [1.29, 1.82) is 0 Å². The number of hydrogen-bond acceptors (Lipinski definition) is 1. The minimum absolute atomic E-state index is 0.164. The molecular formula is C14H19F2NOS. The van der Waals surface area contributed by atoms with Gasteiger partial charge in [0.1, 0.15) is 11.6 Å². The van der Waals surface area contributed by atoms with Gasteiger partial charge >= 0.3 is 0 Å².